The summed E-state index contributed by atoms with van der Waals surface area (Å²) in [5.74, 6) is -4.53. The van der Waals surface area contributed by atoms with Crippen LogP contribution in [0, 0.1) is 17.2 Å². The van der Waals surface area contributed by atoms with Gasteiger partial charge in [0, 0.05) is 30.8 Å². The van der Waals surface area contributed by atoms with Crippen molar-refractivity contribution in [2.24, 2.45) is 5.92 Å². The topological polar surface area (TPSA) is 104 Å². The van der Waals surface area contributed by atoms with Crippen LogP contribution in [-0.2, 0) is 16.0 Å². The Morgan fingerprint density at radius 2 is 1.84 bits per heavy atom. The molecule has 1 atom stereocenters. The van der Waals surface area contributed by atoms with E-state index in [0.29, 0.717) is 31.2 Å². The summed E-state index contributed by atoms with van der Waals surface area (Å²) in [6, 6.07) is 9.00. The highest BCUT2D eigenvalue weighted by Crippen LogP contribution is 2.38. The fraction of sp³-hybridized carbons (Fsp3) is 0.609. The summed E-state index contributed by atoms with van der Waals surface area (Å²) in [6.45, 7) is 0.967. The lowest BCUT2D eigenvalue weighted by Gasteiger charge is -2.30. The zero-order valence-electron chi connectivity index (χ0n) is 17.4. The SMILES string of the molecule is N#CC1(NC(=O)[C@H](CC(F)(F)Cc2ccccc2)NC(=O)C2CCC3(CC2)CN3)CC1. The third kappa shape index (κ3) is 5.40. The van der Waals surface area contributed by atoms with Gasteiger partial charge in [-0.2, -0.15) is 5.26 Å². The number of halogens is 2. The highest BCUT2D eigenvalue weighted by Gasteiger charge is 2.48. The molecule has 31 heavy (non-hydrogen) atoms. The fourth-order valence-electron chi connectivity index (χ4n) is 4.39. The molecule has 4 rings (SSSR count). The molecule has 0 bridgehead atoms. The third-order valence-electron chi connectivity index (χ3n) is 6.76. The molecular weight excluding hydrogens is 402 g/mol. The van der Waals surface area contributed by atoms with Crippen LogP contribution in [0.25, 0.3) is 0 Å². The van der Waals surface area contributed by atoms with Gasteiger partial charge in [0.1, 0.15) is 11.6 Å². The number of nitriles is 1. The minimum absolute atomic E-state index is 0.168. The van der Waals surface area contributed by atoms with E-state index < -0.39 is 36.3 Å². The van der Waals surface area contributed by atoms with E-state index in [0.717, 1.165) is 19.4 Å². The molecule has 0 radical (unpaired) electrons. The van der Waals surface area contributed by atoms with Crippen LogP contribution in [0.5, 0.6) is 0 Å². The van der Waals surface area contributed by atoms with Gasteiger partial charge in [0.2, 0.25) is 11.8 Å². The lowest BCUT2D eigenvalue weighted by Crippen LogP contribution is -2.53. The van der Waals surface area contributed by atoms with Gasteiger partial charge in [-0.3, -0.25) is 9.59 Å². The number of nitrogens with one attached hydrogen (secondary N) is 3. The second-order valence-corrected chi connectivity index (χ2v) is 9.37. The zero-order chi connectivity index (χ0) is 22.1. The summed E-state index contributed by atoms with van der Waals surface area (Å²) < 4.78 is 29.7. The fourth-order valence-corrected chi connectivity index (χ4v) is 4.39. The minimum atomic E-state index is -3.19. The van der Waals surface area contributed by atoms with Gasteiger partial charge in [-0.15, -0.1) is 0 Å². The van der Waals surface area contributed by atoms with Gasteiger partial charge < -0.3 is 16.0 Å². The molecule has 0 aromatic heterocycles. The predicted molar refractivity (Wildman–Crippen MR) is 110 cm³/mol. The Labute approximate surface area is 180 Å². The molecule has 3 aliphatic rings. The quantitative estimate of drug-likeness (QED) is 0.551. The van der Waals surface area contributed by atoms with E-state index >= 15 is 0 Å². The molecule has 1 heterocycles. The summed E-state index contributed by atoms with van der Waals surface area (Å²) in [5, 5.41) is 17.8. The minimum Gasteiger partial charge on any atom is -0.344 e. The van der Waals surface area contributed by atoms with E-state index in [2.05, 4.69) is 16.0 Å². The van der Waals surface area contributed by atoms with Crippen molar-refractivity contribution in [3.63, 3.8) is 0 Å². The van der Waals surface area contributed by atoms with Crippen LogP contribution in [-0.4, -0.2) is 41.4 Å². The smallest absolute Gasteiger partial charge is 0.254 e. The molecule has 1 aromatic rings. The first kappa shape index (κ1) is 21.7. The number of alkyl halides is 2. The Balaban J connectivity index is 1.42. The van der Waals surface area contributed by atoms with Gasteiger partial charge in [-0.1, -0.05) is 30.3 Å². The van der Waals surface area contributed by atoms with Crippen molar-refractivity contribution in [1.29, 1.82) is 5.26 Å². The molecule has 1 saturated heterocycles. The largest absolute Gasteiger partial charge is 0.344 e. The summed E-state index contributed by atoms with van der Waals surface area (Å²) in [4.78, 5) is 25.6. The lowest BCUT2D eigenvalue weighted by molar-refractivity contribution is -0.134. The molecular formula is C23H28F2N4O2. The lowest BCUT2D eigenvalue weighted by atomic mass is 9.81. The zero-order valence-corrected chi connectivity index (χ0v) is 17.4. The van der Waals surface area contributed by atoms with Gasteiger partial charge in [-0.05, 0) is 44.1 Å². The maximum absolute atomic E-state index is 14.8. The number of benzene rings is 1. The van der Waals surface area contributed by atoms with Crippen molar-refractivity contribution < 1.29 is 18.4 Å². The Kier molecular flexibility index (Phi) is 5.73. The summed E-state index contributed by atoms with van der Waals surface area (Å²) in [6.07, 6.45) is 2.77. The van der Waals surface area contributed by atoms with E-state index in [-0.39, 0.29) is 17.4 Å². The molecule has 3 N–H and O–H groups in total. The van der Waals surface area contributed by atoms with Gasteiger partial charge in [0.15, 0.2) is 0 Å². The standard InChI is InChI=1S/C23H28F2N4O2/c24-23(25,12-16-4-2-1-3-5-16)13-18(20(31)29-21(14-26)10-11-21)28-19(30)17-6-8-22(9-7-17)15-27-22/h1-5,17-18,27H,6-13,15H2,(H,28,30)(H,29,31)/t17?,18-,22?/m0/s1. The molecule has 8 heteroatoms. The van der Waals surface area contributed by atoms with Crippen LogP contribution in [0.15, 0.2) is 30.3 Å². The molecule has 0 unspecified atom stereocenters. The number of hydrogen-bond acceptors (Lipinski definition) is 4. The Morgan fingerprint density at radius 1 is 1.19 bits per heavy atom. The number of hydrogen-bond donors (Lipinski definition) is 3. The maximum Gasteiger partial charge on any atom is 0.254 e. The van der Waals surface area contributed by atoms with Crippen molar-refractivity contribution in [1.82, 2.24) is 16.0 Å². The average Bonchev–Trinajstić information content (AvgIpc) is 3.67. The van der Waals surface area contributed by atoms with Crippen LogP contribution in [0.3, 0.4) is 0 Å². The van der Waals surface area contributed by atoms with Crippen LogP contribution in [0.2, 0.25) is 0 Å². The van der Waals surface area contributed by atoms with Crippen molar-refractivity contribution in [3.05, 3.63) is 35.9 Å². The van der Waals surface area contributed by atoms with Crippen LogP contribution < -0.4 is 16.0 Å². The second-order valence-electron chi connectivity index (χ2n) is 9.37. The third-order valence-corrected chi connectivity index (χ3v) is 6.76. The number of carbonyl (C=O) groups excluding carboxylic acids is 2. The molecule has 3 fully saturated rings. The van der Waals surface area contributed by atoms with Gasteiger partial charge in [0.05, 0.1) is 6.07 Å². The van der Waals surface area contributed by atoms with E-state index in [1.165, 1.54) is 0 Å². The number of amides is 2. The van der Waals surface area contributed by atoms with E-state index in [1.807, 2.05) is 6.07 Å². The molecule has 1 aromatic carbocycles. The van der Waals surface area contributed by atoms with Crippen molar-refractivity contribution in [3.8, 4) is 6.07 Å². The first-order valence-electron chi connectivity index (χ1n) is 10.9. The number of nitrogens with zero attached hydrogens (tertiary/aromatic N) is 1. The number of carbonyl (C=O) groups is 2. The van der Waals surface area contributed by atoms with Gasteiger partial charge in [-0.25, -0.2) is 8.78 Å². The predicted octanol–water partition coefficient (Wildman–Crippen LogP) is 2.44. The molecule has 2 aliphatic carbocycles. The normalized spacial score (nSPS) is 27.1. The molecule has 1 spiro atoms. The highest BCUT2D eigenvalue weighted by molar-refractivity contribution is 5.89. The van der Waals surface area contributed by atoms with E-state index in [9.17, 15) is 23.6 Å². The molecule has 2 saturated carbocycles. The van der Waals surface area contributed by atoms with Crippen molar-refractivity contribution >= 4 is 11.8 Å². The summed E-state index contributed by atoms with van der Waals surface area (Å²) in [5.41, 5.74) is -0.353. The Bertz CT molecular complexity index is 865. The monoisotopic (exact) mass is 430 g/mol. The van der Waals surface area contributed by atoms with Gasteiger partial charge in [0.25, 0.3) is 5.92 Å². The first-order valence-corrected chi connectivity index (χ1v) is 10.9. The average molecular weight is 430 g/mol. The van der Waals surface area contributed by atoms with Crippen LogP contribution in [0.4, 0.5) is 8.78 Å². The van der Waals surface area contributed by atoms with Crippen molar-refractivity contribution in [2.45, 2.75) is 74.4 Å². The molecule has 6 nitrogen and oxygen atoms in total. The maximum atomic E-state index is 14.8. The van der Waals surface area contributed by atoms with Crippen molar-refractivity contribution in [2.75, 3.05) is 6.54 Å². The summed E-state index contributed by atoms with van der Waals surface area (Å²) >= 11 is 0. The van der Waals surface area contributed by atoms with E-state index in [1.54, 1.807) is 30.3 Å². The Morgan fingerprint density at radius 3 is 2.39 bits per heavy atom. The first-order chi connectivity index (χ1) is 14.7. The van der Waals surface area contributed by atoms with Crippen LogP contribution in [0.1, 0.15) is 50.5 Å². The Hall–Kier alpha value is -2.53. The van der Waals surface area contributed by atoms with Crippen LogP contribution >= 0.6 is 0 Å². The highest BCUT2D eigenvalue weighted by atomic mass is 19.3. The molecule has 2 amide bonds. The second kappa shape index (κ2) is 8.19. The van der Waals surface area contributed by atoms with Gasteiger partial charge >= 0.3 is 0 Å². The molecule has 166 valence electrons. The number of rotatable bonds is 8. The summed E-state index contributed by atoms with van der Waals surface area (Å²) in [7, 11) is 0. The molecule has 1 aliphatic heterocycles. The van der Waals surface area contributed by atoms with E-state index in [4.69, 9.17) is 0 Å².